The van der Waals surface area contributed by atoms with Gasteiger partial charge in [-0.15, -0.1) is 0 Å². The smallest absolute Gasteiger partial charge is 0.244 e. The van der Waals surface area contributed by atoms with Gasteiger partial charge in [0, 0.05) is 24.5 Å². The van der Waals surface area contributed by atoms with Crippen molar-refractivity contribution in [1.29, 1.82) is 0 Å². The maximum absolute atomic E-state index is 13.8. The number of benzene rings is 3. The van der Waals surface area contributed by atoms with Crippen LogP contribution in [-0.4, -0.2) is 51.0 Å². The van der Waals surface area contributed by atoms with Gasteiger partial charge in [0.05, 0.1) is 17.0 Å². The predicted octanol–water partition coefficient (Wildman–Crippen LogP) is 4.39. The van der Waals surface area contributed by atoms with Crippen LogP contribution in [-0.2, 0) is 32.6 Å². The Morgan fingerprint density at radius 1 is 1.03 bits per heavy atom. The Kier molecular flexibility index (Phi) is 9.69. The summed E-state index contributed by atoms with van der Waals surface area (Å²) in [4.78, 5) is 28.2. The minimum atomic E-state index is -3.97. The molecule has 0 aliphatic carbocycles. The predicted molar refractivity (Wildman–Crippen MR) is 146 cm³/mol. The number of amides is 2. The quantitative estimate of drug-likeness (QED) is 0.369. The minimum absolute atomic E-state index is 0.0328. The van der Waals surface area contributed by atoms with E-state index in [0.717, 1.165) is 38.3 Å². The Balaban J connectivity index is 2.03. The van der Waals surface area contributed by atoms with Gasteiger partial charge >= 0.3 is 0 Å². The summed E-state index contributed by atoms with van der Waals surface area (Å²) in [6.07, 6.45) is 1.15. The third-order valence-corrected chi connectivity index (χ3v) is 7.61. The highest BCUT2D eigenvalue weighted by Gasteiger charge is 2.32. The van der Waals surface area contributed by atoms with Gasteiger partial charge in [-0.25, -0.2) is 12.8 Å². The topological polar surface area (TPSA) is 86.8 Å². The second-order valence-corrected chi connectivity index (χ2v) is 11.6. The molecule has 1 N–H and O–H groups in total. The Labute approximate surface area is 229 Å². The van der Waals surface area contributed by atoms with E-state index in [9.17, 15) is 22.4 Å². The Bertz CT molecular complexity index is 1360. The molecule has 11 heteroatoms. The summed E-state index contributed by atoms with van der Waals surface area (Å²) in [5.74, 6) is -1.73. The summed E-state index contributed by atoms with van der Waals surface area (Å²) >= 11 is 9.26. The summed E-state index contributed by atoms with van der Waals surface area (Å²) in [5.41, 5.74) is 1.61. The molecule has 0 unspecified atom stereocenters. The fraction of sp³-hybridized carbons (Fsp3) is 0.231. The number of nitrogens with zero attached hydrogens (tertiary/aromatic N) is 2. The van der Waals surface area contributed by atoms with Crippen LogP contribution in [0.5, 0.6) is 0 Å². The third-order valence-electron chi connectivity index (χ3n) is 5.65. The van der Waals surface area contributed by atoms with Gasteiger partial charge < -0.3 is 10.2 Å². The van der Waals surface area contributed by atoms with Crippen molar-refractivity contribution in [2.45, 2.75) is 19.0 Å². The average molecular weight is 611 g/mol. The number of hydrogen-bond acceptors (Lipinski definition) is 4. The van der Waals surface area contributed by atoms with Gasteiger partial charge in [-0.05, 0) is 41.5 Å². The molecule has 196 valence electrons. The van der Waals surface area contributed by atoms with Crippen molar-refractivity contribution in [3.05, 3.63) is 99.2 Å². The van der Waals surface area contributed by atoms with Gasteiger partial charge in [0.15, 0.2) is 0 Å². The van der Waals surface area contributed by atoms with Gasteiger partial charge in [-0.3, -0.25) is 13.9 Å². The lowest BCUT2D eigenvalue weighted by molar-refractivity contribution is -0.139. The molecule has 0 spiro atoms. The first kappa shape index (κ1) is 28.6. The molecule has 0 heterocycles. The second kappa shape index (κ2) is 12.5. The first-order valence-electron chi connectivity index (χ1n) is 11.2. The lowest BCUT2D eigenvalue weighted by Crippen LogP contribution is -2.52. The van der Waals surface area contributed by atoms with Crippen LogP contribution in [0.2, 0.25) is 5.02 Å². The Morgan fingerprint density at radius 3 is 2.24 bits per heavy atom. The largest absolute Gasteiger partial charge is 0.357 e. The lowest BCUT2D eigenvalue weighted by atomic mass is 10.0. The Hall–Kier alpha value is -2.95. The number of likely N-dealkylation sites (N-methyl/N-ethyl adjacent to an activating group) is 1. The van der Waals surface area contributed by atoms with Gasteiger partial charge in [0.1, 0.15) is 18.4 Å². The lowest BCUT2D eigenvalue weighted by Gasteiger charge is -2.33. The zero-order chi connectivity index (χ0) is 27.2. The van der Waals surface area contributed by atoms with Crippen LogP contribution in [0.4, 0.5) is 10.1 Å². The molecule has 0 saturated carbocycles. The van der Waals surface area contributed by atoms with Crippen molar-refractivity contribution in [1.82, 2.24) is 10.2 Å². The SMILES string of the molecule is CNC(=O)[C@H](Cc1ccccc1)N(Cc1ccc(Br)cc1)C(=O)CN(c1ccc(F)c(Cl)c1)S(C)(=O)=O. The van der Waals surface area contributed by atoms with E-state index in [1.165, 1.54) is 18.0 Å². The number of sulfonamides is 1. The van der Waals surface area contributed by atoms with Crippen molar-refractivity contribution in [2.24, 2.45) is 0 Å². The van der Waals surface area contributed by atoms with Gasteiger partial charge in [-0.2, -0.15) is 0 Å². The van der Waals surface area contributed by atoms with Crippen LogP contribution >= 0.6 is 27.5 Å². The molecule has 0 aromatic heterocycles. The molecule has 0 aliphatic rings. The van der Waals surface area contributed by atoms with E-state index in [2.05, 4.69) is 21.2 Å². The molecule has 0 aliphatic heterocycles. The maximum Gasteiger partial charge on any atom is 0.244 e. The summed E-state index contributed by atoms with van der Waals surface area (Å²) in [6.45, 7) is -0.557. The summed E-state index contributed by atoms with van der Waals surface area (Å²) in [7, 11) is -2.49. The molecular weight excluding hydrogens is 585 g/mol. The highest BCUT2D eigenvalue weighted by Crippen LogP contribution is 2.25. The van der Waals surface area contributed by atoms with Gasteiger partial charge in [0.25, 0.3) is 0 Å². The Morgan fingerprint density at radius 2 is 1.68 bits per heavy atom. The normalized spacial score (nSPS) is 12.0. The molecule has 0 fully saturated rings. The van der Waals surface area contributed by atoms with E-state index in [0.29, 0.717) is 0 Å². The van der Waals surface area contributed by atoms with Crippen molar-refractivity contribution in [3.63, 3.8) is 0 Å². The average Bonchev–Trinajstić information content (AvgIpc) is 2.87. The molecule has 0 bridgehead atoms. The van der Waals surface area contributed by atoms with E-state index >= 15 is 0 Å². The van der Waals surface area contributed by atoms with Crippen LogP contribution < -0.4 is 9.62 Å². The molecule has 7 nitrogen and oxygen atoms in total. The molecule has 2 amide bonds. The van der Waals surface area contributed by atoms with E-state index in [1.807, 2.05) is 54.6 Å². The highest BCUT2D eigenvalue weighted by atomic mass is 79.9. The van der Waals surface area contributed by atoms with Crippen LogP contribution in [0, 0.1) is 5.82 Å². The number of halogens is 3. The van der Waals surface area contributed by atoms with E-state index < -0.39 is 40.2 Å². The maximum atomic E-state index is 13.8. The minimum Gasteiger partial charge on any atom is -0.357 e. The summed E-state index contributed by atoms with van der Waals surface area (Å²) in [6, 6.07) is 18.9. The van der Waals surface area contributed by atoms with Gasteiger partial charge in [0.2, 0.25) is 21.8 Å². The van der Waals surface area contributed by atoms with Crippen molar-refractivity contribution < 1.29 is 22.4 Å². The molecule has 3 aromatic carbocycles. The van der Waals surface area contributed by atoms with E-state index in [1.54, 1.807) is 0 Å². The molecular formula is C26H26BrClFN3O4S. The number of rotatable bonds is 10. The van der Waals surface area contributed by atoms with Crippen molar-refractivity contribution in [2.75, 3.05) is 24.2 Å². The van der Waals surface area contributed by atoms with Crippen LogP contribution in [0.25, 0.3) is 0 Å². The monoisotopic (exact) mass is 609 g/mol. The van der Waals surface area contributed by atoms with Crippen molar-refractivity contribution >= 4 is 55.1 Å². The standard InChI is InChI=1S/C26H26BrClFN3O4S/c1-30-26(34)24(14-18-6-4-3-5-7-18)31(16-19-8-10-20(27)11-9-19)25(33)17-32(37(2,35)36)21-12-13-23(29)22(28)15-21/h3-13,15,24H,14,16-17H2,1-2H3,(H,30,34)/t24-/m0/s1. The first-order chi connectivity index (χ1) is 17.5. The molecule has 3 aromatic rings. The number of hydrogen-bond donors (Lipinski definition) is 1. The summed E-state index contributed by atoms with van der Waals surface area (Å²) < 4.78 is 40.8. The fourth-order valence-electron chi connectivity index (χ4n) is 3.76. The zero-order valence-electron chi connectivity index (χ0n) is 20.2. The van der Waals surface area contributed by atoms with Gasteiger partial charge in [-0.1, -0.05) is 70.0 Å². The molecule has 3 rings (SSSR count). The van der Waals surface area contributed by atoms with Crippen molar-refractivity contribution in [3.8, 4) is 0 Å². The number of carbonyl (C=O) groups is 2. The first-order valence-corrected chi connectivity index (χ1v) is 14.2. The second-order valence-electron chi connectivity index (χ2n) is 8.34. The van der Waals surface area contributed by atoms with Crippen LogP contribution in [0.1, 0.15) is 11.1 Å². The van der Waals surface area contributed by atoms with E-state index in [-0.39, 0.29) is 23.7 Å². The number of nitrogens with one attached hydrogen (secondary N) is 1. The van der Waals surface area contributed by atoms with Crippen LogP contribution in [0.3, 0.4) is 0 Å². The summed E-state index contributed by atoms with van der Waals surface area (Å²) in [5, 5.41) is 2.33. The number of carbonyl (C=O) groups excluding carboxylic acids is 2. The molecule has 37 heavy (non-hydrogen) atoms. The fourth-order valence-corrected chi connectivity index (χ4v) is 5.04. The van der Waals surface area contributed by atoms with Crippen LogP contribution in [0.15, 0.2) is 77.3 Å². The molecule has 1 atom stereocenters. The zero-order valence-corrected chi connectivity index (χ0v) is 23.4. The molecule has 0 saturated heterocycles. The number of anilines is 1. The highest BCUT2D eigenvalue weighted by molar-refractivity contribution is 9.10. The third kappa shape index (κ3) is 7.77. The molecule has 0 radical (unpaired) electrons. The van der Waals surface area contributed by atoms with E-state index in [4.69, 9.17) is 11.6 Å².